The minimum atomic E-state index is -0.731. The molecule has 37 heavy (non-hydrogen) atoms. The Hall–Kier alpha value is -2.95. The van der Waals surface area contributed by atoms with Crippen LogP contribution in [0.5, 0.6) is 0 Å². The molecule has 0 radical (unpaired) electrons. The van der Waals surface area contributed by atoms with Crippen molar-refractivity contribution >= 4 is 5.97 Å². The predicted octanol–water partition coefficient (Wildman–Crippen LogP) is 7.60. The Morgan fingerprint density at radius 2 is 1.73 bits per heavy atom. The van der Waals surface area contributed by atoms with Gasteiger partial charge < -0.3 is 14.6 Å². The van der Waals surface area contributed by atoms with Crippen molar-refractivity contribution in [1.29, 1.82) is 0 Å². The molecule has 4 rings (SSSR count). The van der Waals surface area contributed by atoms with Crippen molar-refractivity contribution < 1.29 is 19.4 Å². The predicted molar refractivity (Wildman–Crippen MR) is 148 cm³/mol. The lowest BCUT2D eigenvalue weighted by Crippen LogP contribution is -2.37. The van der Waals surface area contributed by atoms with Gasteiger partial charge in [0.2, 0.25) is 0 Å². The summed E-state index contributed by atoms with van der Waals surface area (Å²) in [6.45, 7) is 5.02. The van der Waals surface area contributed by atoms with E-state index < -0.39 is 5.97 Å². The number of aliphatic carboxylic acids is 1. The first-order valence-corrected chi connectivity index (χ1v) is 13.7. The van der Waals surface area contributed by atoms with Gasteiger partial charge in [-0.2, -0.15) is 0 Å². The SMILES string of the molecule is CCC[C@H]1O[C@H](c2ccc(C)c(Cc3ccc(CCCC(=O)O)cc3)c2)CC[C@H]1OCc1ccccc1. The van der Waals surface area contributed by atoms with Crippen molar-refractivity contribution in [2.24, 2.45) is 0 Å². The molecule has 1 heterocycles. The Bertz CT molecular complexity index is 1120. The normalized spacial score (nSPS) is 19.6. The van der Waals surface area contributed by atoms with E-state index in [9.17, 15) is 4.79 Å². The number of hydrogen-bond donors (Lipinski definition) is 1. The lowest BCUT2D eigenvalue weighted by atomic mass is 9.91. The highest BCUT2D eigenvalue weighted by Gasteiger charge is 2.32. The molecule has 1 aliphatic rings. The van der Waals surface area contributed by atoms with Gasteiger partial charge in [0.05, 0.1) is 24.9 Å². The Balaban J connectivity index is 1.38. The fraction of sp³-hybridized carbons (Fsp3) is 0.424. The molecule has 0 bridgehead atoms. The zero-order chi connectivity index (χ0) is 26.0. The summed E-state index contributed by atoms with van der Waals surface area (Å²) in [7, 11) is 0. The number of ether oxygens (including phenoxy) is 2. The Labute approximate surface area is 221 Å². The first-order valence-electron chi connectivity index (χ1n) is 13.7. The van der Waals surface area contributed by atoms with Crippen molar-refractivity contribution in [2.45, 2.75) is 90.1 Å². The van der Waals surface area contributed by atoms with Gasteiger partial charge in [-0.3, -0.25) is 4.79 Å². The lowest BCUT2D eigenvalue weighted by molar-refractivity contribution is -0.148. The molecule has 4 nitrogen and oxygen atoms in total. The number of rotatable bonds is 12. The fourth-order valence-electron chi connectivity index (χ4n) is 5.19. The maximum Gasteiger partial charge on any atom is 0.303 e. The molecule has 0 aliphatic carbocycles. The van der Waals surface area contributed by atoms with Gasteiger partial charge in [0.25, 0.3) is 0 Å². The molecule has 1 aliphatic heterocycles. The highest BCUT2D eigenvalue weighted by Crippen LogP contribution is 2.35. The van der Waals surface area contributed by atoms with Gasteiger partial charge in [-0.25, -0.2) is 0 Å². The van der Waals surface area contributed by atoms with Gasteiger partial charge in [-0.15, -0.1) is 0 Å². The summed E-state index contributed by atoms with van der Waals surface area (Å²) in [6.07, 6.45) is 6.98. The summed E-state index contributed by atoms with van der Waals surface area (Å²) in [5, 5.41) is 8.85. The number of carboxylic acid groups (broad SMARTS) is 1. The van der Waals surface area contributed by atoms with Crippen molar-refractivity contribution in [3.8, 4) is 0 Å². The van der Waals surface area contributed by atoms with Gasteiger partial charge in [0.15, 0.2) is 0 Å². The Morgan fingerprint density at radius 3 is 2.46 bits per heavy atom. The summed E-state index contributed by atoms with van der Waals surface area (Å²) < 4.78 is 13.0. The molecule has 4 heteroatoms. The summed E-state index contributed by atoms with van der Waals surface area (Å²) in [4.78, 5) is 10.8. The molecular formula is C33H40O4. The average Bonchev–Trinajstić information content (AvgIpc) is 2.91. The maximum absolute atomic E-state index is 10.8. The number of carboxylic acids is 1. The standard InChI is InChI=1S/C33H40O4/c1-3-8-32-31(36-23-27-9-5-4-6-10-27)20-19-30(37-32)28-18-13-24(2)29(22-28)21-26-16-14-25(15-17-26)11-7-12-33(34)35/h4-6,9-10,13-18,22,30-32H,3,7-8,11-12,19-21,23H2,1-2H3,(H,34,35)/t30-,31+,32+/m0/s1. The van der Waals surface area contributed by atoms with E-state index in [1.165, 1.54) is 33.4 Å². The van der Waals surface area contributed by atoms with Crippen LogP contribution in [0.25, 0.3) is 0 Å². The van der Waals surface area contributed by atoms with Gasteiger partial charge in [-0.05, 0) is 78.8 Å². The molecule has 1 saturated heterocycles. The van der Waals surface area contributed by atoms with Crippen LogP contribution in [-0.4, -0.2) is 23.3 Å². The van der Waals surface area contributed by atoms with Crippen LogP contribution in [0.2, 0.25) is 0 Å². The molecule has 0 saturated carbocycles. The third-order valence-electron chi connectivity index (χ3n) is 7.37. The second kappa shape index (κ2) is 13.6. The van der Waals surface area contributed by atoms with Gasteiger partial charge in [0.1, 0.15) is 0 Å². The topological polar surface area (TPSA) is 55.8 Å². The Kier molecular flexibility index (Phi) is 9.92. The molecule has 0 spiro atoms. The minimum absolute atomic E-state index is 0.101. The molecule has 196 valence electrons. The summed E-state index contributed by atoms with van der Waals surface area (Å²) >= 11 is 0. The van der Waals surface area contributed by atoms with E-state index in [1.54, 1.807) is 0 Å². The van der Waals surface area contributed by atoms with Crippen LogP contribution in [0.1, 0.15) is 84.9 Å². The molecule has 3 atom stereocenters. The molecule has 1 fully saturated rings. The number of benzene rings is 3. The van der Waals surface area contributed by atoms with E-state index in [0.717, 1.165) is 38.5 Å². The molecule has 1 N–H and O–H groups in total. The second-order valence-corrected chi connectivity index (χ2v) is 10.3. The zero-order valence-electron chi connectivity index (χ0n) is 22.2. The van der Waals surface area contributed by atoms with E-state index in [1.807, 2.05) is 6.07 Å². The molecule has 0 aromatic heterocycles. The largest absolute Gasteiger partial charge is 0.481 e. The zero-order valence-corrected chi connectivity index (χ0v) is 22.2. The van der Waals surface area contributed by atoms with Crippen molar-refractivity contribution in [3.63, 3.8) is 0 Å². The van der Waals surface area contributed by atoms with E-state index in [4.69, 9.17) is 14.6 Å². The van der Waals surface area contributed by atoms with Crippen LogP contribution in [0.3, 0.4) is 0 Å². The molecule has 3 aromatic rings. The van der Waals surface area contributed by atoms with Crippen molar-refractivity contribution in [2.75, 3.05) is 0 Å². The first-order chi connectivity index (χ1) is 18.0. The van der Waals surface area contributed by atoms with E-state index in [0.29, 0.717) is 13.0 Å². The molecular weight excluding hydrogens is 460 g/mol. The minimum Gasteiger partial charge on any atom is -0.481 e. The maximum atomic E-state index is 10.8. The monoisotopic (exact) mass is 500 g/mol. The number of carbonyl (C=O) groups is 1. The third kappa shape index (κ3) is 8.02. The highest BCUT2D eigenvalue weighted by atomic mass is 16.5. The molecule has 0 unspecified atom stereocenters. The van der Waals surface area contributed by atoms with Gasteiger partial charge in [-0.1, -0.05) is 86.1 Å². The average molecular weight is 501 g/mol. The molecule has 3 aromatic carbocycles. The number of hydrogen-bond acceptors (Lipinski definition) is 3. The van der Waals surface area contributed by atoms with Crippen LogP contribution < -0.4 is 0 Å². The lowest BCUT2D eigenvalue weighted by Gasteiger charge is -2.37. The summed E-state index contributed by atoms with van der Waals surface area (Å²) in [6, 6.07) is 25.8. The fourth-order valence-corrected chi connectivity index (χ4v) is 5.19. The van der Waals surface area contributed by atoms with Gasteiger partial charge >= 0.3 is 5.97 Å². The van der Waals surface area contributed by atoms with Crippen molar-refractivity contribution in [1.82, 2.24) is 0 Å². The summed E-state index contributed by atoms with van der Waals surface area (Å²) in [5.41, 5.74) is 7.54. The second-order valence-electron chi connectivity index (χ2n) is 10.3. The first kappa shape index (κ1) is 27.1. The van der Waals surface area contributed by atoms with Crippen LogP contribution in [0.15, 0.2) is 72.8 Å². The highest BCUT2D eigenvalue weighted by molar-refractivity contribution is 5.66. The van der Waals surface area contributed by atoms with Crippen LogP contribution in [0.4, 0.5) is 0 Å². The van der Waals surface area contributed by atoms with Crippen LogP contribution in [0, 0.1) is 6.92 Å². The third-order valence-corrected chi connectivity index (χ3v) is 7.37. The van der Waals surface area contributed by atoms with Crippen LogP contribution >= 0.6 is 0 Å². The van der Waals surface area contributed by atoms with Gasteiger partial charge in [0, 0.05) is 6.42 Å². The Morgan fingerprint density at radius 1 is 0.973 bits per heavy atom. The van der Waals surface area contributed by atoms with Crippen molar-refractivity contribution in [3.05, 3.63) is 106 Å². The molecule has 0 amide bonds. The quantitative estimate of drug-likeness (QED) is 0.278. The number of aryl methyl sites for hydroxylation is 2. The van der Waals surface area contributed by atoms with E-state index >= 15 is 0 Å². The van der Waals surface area contributed by atoms with E-state index in [-0.39, 0.29) is 24.7 Å². The smallest absolute Gasteiger partial charge is 0.303 e. The summed E-state index contributed by atoms with van der Waals surface area (Å²) in [5.74, 6) is -0.731. The van der Waals surface area contributed by atoms with Crippen LogP contribution in [-0.2, 0) is 33.7 Å². The van der Waals surface area contributed by atoms with E-state index in [2.05, 4.69) is 80.6 Å².